The number of hydrogen-bond acceptors (Lipinski definition) is 3. The fourth-order valence-electron chi connectivity index (χ4n) is 2.66. The molecule has 0 saturated heterocycles. The van der Waals surface area contributed by atoms with E-state index in [1.54, 1.807) is 29.1 Å². The number of amides is 2. The van der Waals surface area contributed by atoms with Crippen LogP contribution in [-0.4, -0.2) is 21.6 Å². The molecule has 28 heavy (non-hydrogen) atoms. The quantitative estimate of drug-likeness (QED) is 0.623. The molecule has 0 bridgehead atoms. The summed E-state index contributed by atoms with van der Waals surface area (Å²) < 4.78 is 1.75. The second-order valence-electron chi connectivity index (χ2n) is 6.43. The first-order valence-electron chi connectivity index (χ1n) is 8.93. The Labute approximate surface area is 163 Å². The van der Waals surface area contributed by atoms with E-state index in [-0.39, 0.29) is 11.8 Å². The lowest BCUT2D eigenvalue weighted by molar-refractivity contribution is -0.116. The third-order valence-electron chi connectivity index (χ3n) is 4.28. The van der Waals surface area contributed by atoms with Gasteiger partial charge in [-0.25, -0.2) is 4.68 Å². The zero-order valence-electron chi connectivity index (χ0n) is 15.7. The molecule has 1 heterocycles. The van der Waals surface area contributed by atoms with Crippen molar-refractivity contribution in [3.8, 4) is 0 Å². The summed E-state index contributed by atoms with van der Waals surface area (Å²) in [6, 6.07) is 17.0. The van der Waals surface area contributed by atoms with Crippen LogP contribution in [0.1, 0.15) is 27.0 Å². The third-order valence-corrected chi connectivity index (χ3v) is 4.28. The van der Waals surface area contributed by atoms with E-state index in [9.17, 15) is 9.59 Å². The van der Waals surface area contributed by atoms with Crippen molar-refractivity contribution in [3.05, 3.63) is 95.7 Å². The Morgan fingerprint density at radius 3 is 2.39 bits per heavy atom. The first-order valence-corrected chi connectivity index (χ1v) is 8.93. The number of carbonyl (C=O) groups excluding carboxylic acids is 2. The van der Waals surface area contributed by atoms with Crippen molar-refractivity contribution in [1.82, 2.24) is 15.1 Å². The molecular formula is C22H22N4O2. The molecule has 3 aromatic rings. The van der Waals surface area contributed by atoms with Gasteiger partial charge in [0.25, 0.3) is 5.91 Å². The lowest BCUT2D eigenvalue weighted by Gasteiger charge is -2.10. The predicted molar refractivity (Wildman–Crippen MR) is 109 cm³/mol. The predicted octanol–water partition coefficient (Wildman–Crippen LogP) is 3.29. The van der Waals surface area contributed by atoms with Gasteiger partial charge in [-0.05, 0) is 36.3 Å². The topological polar surface area (TPSA) is 76.0 Å². The number of anilines is 1. The SMILES string of the molecule is C=CC(=O)NCc1ccc(C(=O)Nc2ccnn2Cc2ccc(C)cc2)cc1. The van der Waals surface area contributed by atoms with E-state index in [1.165, 1.54) is 11.6 Å². The standard InChI is InChI=1S/C22H22N4O2/c1-3-21(27)23-14-17-8-10-19(11-9-17)22(28)25-20-12-13-24-26(20)15-18-6-4-16(2)5-7-18/h3-13H,1,14-15H2,2H3,(H,23,27)(H,25,28). The lowest BCUT2D eigenvalue weighted by Crippen LogP contribution is -2.20. The van der Waals surface area contributed by atoms with E-state index < -0.39 is 0 Å². The van der Waals surface area contributed by atoms with Crippen LogP contribution in [0.2, 0.25) is 0 Å². The van der Waals surface area contributed by atoms with Gasteiger partial charge in [0.2, 0.25) is 5.91 Å². The summed E-state index contributed by atoms with van der Waals surface area (Å²) in [5.74, 6) is 0.184. The number of nitrogens with zero attached hydrogens (tertiary/aromatic N) is 2. The van der Waals surface area contributed by atoms with Gasteiger partial charge in [-0.15, -0.1) is 0 Å². The molecule has 0 aliphatic heterocycles. The van der Waals surface area contributed by atoms with Crippen molar-refractivity contribution in [2.45, 2.75) is 20.0 Å². The number of benzene rings is 2. The summed E-state index contributed by atoms with van der Waals surface area (Å²) >= 11 is 0. The molecule has 1 aromatic heterocycles. The van der Waals surface area contributed by atoms with Crippen LogP contribution < -0.4 is 10.6 Å². The van der Waals surface area contributed by atoms with Gasteiger partial charge in [0, 0.05) is 18.2 Å². The fraction of sp³-hybridized carbons (Fsp3) is 0.136. The van der Waals surface area contributed by atoms with Gasteiger partial charge in [-0.2, -0.15) is 5.10 Å². The van der Waals surface area contributed by atoms with Crippen molar-refractivity contribution in [3.63, 3.8) is 0 Å². The van der Waals surface area contributed by atoms with E-state index in [2.05, 4.69) is 34.4 Å². The van der Waals surface area contributed by atoms with Crippen LogP contribution in [0.25, 0.3) is 0 Å². The van der Waals surface area contributed by atoms with Crippen LogP contribution in [0.15, 0.2) is 73.4 Å². The van der Waals surface area contributed by atoms with Crippen molar-refractivity contribution in [2.24, 2.45) is 0 Å². The van der Waals surface area contributed by atoms with Crippen molar-refractivity contribution in [1.29, 1.82) is 0 Å². The highest BCUT2D eigenvalue weighted by Gasteiger charge is 2.10. The van der Waals surface area contributed by atoms with Gasteiger partial charge in [0.05, 0.1) is 12.7 Å². The van der Waals surface area contributed by atoms with Gasteiger partial charge in [0.15, 0.2) is 0 Å². The summed E-state index contributed by atoms with van der Waals surface area (Å²) in [6.07, 6.45) is 2.89. The van der Waals surface area contributed by atoms with Gasteiger partial charge in [-0.1, -0.05) is 48.5 Å². The van der Waals surface area contributed by atoms with E-state index in [4.69, 9.17) is 0 Å². The molecule has 142 valence electrons. The van der Waals surface area contributed by atoms with Crippen LogP contribution in [0.5, 0.6) is 0 Å². The highest BCUT2D eigenvalue weighted by atomic mass is 16.2. The molecule has 0 aliphatic carbocycles. The first kappa shape index (κ1) is 19.1. The molecule has 0 saturated carbocycles. The van der Waals surface area contributed by atoms with Gasteiger partial charge in [-0.3, -0.25) is 9.59 Å². The Bertz CT molecular complexity index is 973. The van der Waals surface area contributed by atoms with Gasteiger partial charge >= 0.3 is 0 Å². The van der Waals surface area contributed by atoms with Crippen LogP contribution in [0, 0.1) is 6.92 Å². The zero-order valence-corrected chi connectivity index (χ0v) is 15.7. The minimum atomic E-state index is -0.233. The average Bonchev–Trinajstić information content (AvgIpc) is 3.14. The molecular weight excluding hydrogens is 352 g/mol. The Morgan fingerprint density at radius 1 is 1.04 bits per heavy atom. The Hall–Kier alpha value is -3.67. The third kappa shape index (κ3) is 4.94. The summed E-state index contributed by atoms with van der Waals surface area (Å²) in [4.78, 5) is 23.8. The Kier molecular flexibility index (Phi) is 6.01. The molecule has 0 radical (unpaired) electrons. The summed E-state index contributed by atoms with van der Waals surface area (Å²) in [5.41, 5.74) is 3.74. The van der Waals surface area contributed by atoms with Crippen LogP contribution in [0.3, 0.4) is 0 Å². The molecule has 0 spiro atoms. The number of hydrogen-bond donors (Lipinski definition) is 2. The number of carbonyl (C=O) groups is 2. The van der Waals surface area contributed by atoms with Crippen LogP contribution in [-0.2, 0) is 17.9 Å². The minimum Gasteiger partial charge on any atom is -0.348 e. The van der Waals surface area contributed by atoms with E-state index in [1.807, 2.05) is 31.2 Å². The molecule has 2 N–H and O–H groups in total. The maximum Gasteiger partial charge on any atom is 0.256 e. The highest BCUT2D eigenvalue weighted by molar-refractivity contribution is 6.03. The number of aromatic nitrogens is 2. The van der Waals surface area contributed by atoms with E-state index >= 15 is 0 Å². The number of rotatable bonds is 7. The summed E-state index contributed by atoms with van der Waals surface area (Å²) in [7, 11) is 0. The fourth-order valence-corrected chi connectivity index (χ4v) is 2.66. The van der Waals surface area contributed by atoms with Gasteiger partial charge < -0.3 is 10.6 Å². The van der Waals surface area contributed by atoms with E-state index in [0.29, 0.717) is 24.5 Å². The summed E-state index contributed by atoms with van der Waals surface area (Å²) in [6.45, 7) is 6.41. The molecule has 0 atom stereocenters. The van der Waals surface area contributed by atoms with Gasteiger partial charge in [0.1, 0.15) is 5.82 Å². The summed E-state index contributed by atoms with van der Waals surface area (Å²) in [5, 5.41) is 9.89. The zero-order chi connectivity index (χ0) is 19.9. The van der Waals surface area contributed by atoms with Crippen LogP contribution in [0.4, 0.5) is 5.82 Å². The normalized spacial score (nSPS) is 10.3. The second-order valence-corrected chi connectivity index (χ2v) is 6.43. The van der Waals surface area contributed by atoms with Crippen molar-refractivity contribution < 1.29 is 9.59 Å². The highest BCUT2D eigenvalue weighted by Crippen LogP contribution is 2.13. The number of nitrogens with one attached hydrogen (secondary N) is 2. The molecule has 6 nitrogen and oxygen atoms in total. The molecule has 2 aromatic carbocycles. The molecule has 3 rings (SSSR count). The maximum absolute atomic E-state index is 12.5. The molecule has 0 aliphatic rings. The average molecular weight is 374 g/mol. The monoisotopic (exact) mass is 374 g/mol. The Morgan fingerprint density at radius 2 is 1.71 bits per heavy atom. The maximum atomic E-state index is 12.5. The molecule has 0 unspecified atom stereocenters. The number of aryl methyl sites for hydroxylation is 1. The largest absolute Gasteiger partial charge is 0.348 e. The minimum absolute atomic E-state index is 0.215. The van der Waals surface area contributed by atoms with Crippen molar-refractivity contribution in [2.75, 3.05) is 5.32 Å². The van der Waals surface area contributed by atoms with E-state index in [0.717, 1.165) is 11.1 Å². The molecule has 2 amide bonds. The van der Waals surface area contributed by atoms with Crippen molar-refractivity contribution >= 4 is 17.6 Å². The molecule has 0 fully saturated rings. The smallest absolute Gasteiger partial charge is 0.256 e. The Balaban J connectivity index is 1.63. The molecule has 6 heteroatoms. The van der Waals surface area contributed by atoms with Crippen LogP contribution >= 0.6 is 0 Å². The lowest BCUT2D eigenvalue weighted by atomic mass is 10.1. The first-order chi connectivity index (χ1) is 13.5. The second kappa shape index (κ2) is 8.81.